The average Bonchev–Trinajstić information content (AvgIpc) is 2.68. The Morgan fingerprint density at radius 3 is 2.47 bits per heavy atom. The van der Waals surface area contributed by atoms with Crippen molar-refractivity contribution in [1.82, 2.24) is 15.5 Å². The molecular formula is C23H35N3O4. The van der Waals surface area contributed by atoms with Gasteiger partial charge in [-0.05, 0) is 58.4 Å². The van der Waals surface area contributed by atoms with Crippen molar-refractivity contribution in [2.24, 2.45) is 5.92 Å². The zero-order chi connectivity index (χ0) is 22.1. The number of carbonyl (C=O) groups is 3. The van der Waals surface area contributed by atoms with Crippen molar-refractivity contribution in [2.75, 3.05) is 26.2 Å². The summed E-state index contributed by atoms with van der Waals surface area (Å²) in [4.78, 5) is 37.8. The molecule has 0 bridgehead atoms. The van der Waals surface area contributed by atoms with Crippen LogP contribution in [0.1, 0.15) is 51.2 Å². The Labute approximate surface area is 179 Å². The Morgan fingerprint density at radius 2 is 1.83 bits per heavy atom. The lowest BCUT2D eigenvalue weighted by Gasteiger charge is -2.32. The first-order valence-electron chi connectivity index (χ1n) is 10.7. The van der Waals surface area contributed by atoms with E-state index in [0.717, 1.165) is 19.3 Å². The third-order valence-electron chi connectivity index (χ3n) is 5.06. The molecule has 0 spiro atoms. The molecule has 1 aromatic carbocycles. The number of hydrogen-bond acceptors (Lipinski definition) is 4. The van der Waals surface area contributed by atoms with Crippen LogP contribution in [0, 0.1) is 12.8 Å². The summed E-state index contributed by atoms with van der Waals surface area (Å²) in [5.41, 5.74) is 1.79. The van der Waals surface area contributed by atoms with Crippen LogP contribution in [0.4, 0.5) is 4.79 Å². The number of benzene rings is 1. The normalized spacial score (nSPS) is 14.9. The number of nitrogens with one attached hydrogen (secondary N) is 2. The van der Waals surface area contributed by atoms with Crippen molar-refractivity contribution < 1.29 is 19.1 Å². The maximum atomic E-state index is 12.3. The van der Waals surface area contributed by atoms with Crippen LogP contribution in [0.25, 0.3) is 0 Å². The van der Waals surface area contributed by atoms with Crippen molar-refractivity contribution in [3.63, 3.8) is 0 Å². The highest BCUT2D eigenvalue weighted by Gasteiger charge is 2.24. The van der Waals surface area contributed by atoms with Crippen molar-refractivity contribution in [1.29, 1.82) is 0 Å². The van der Waals surface area contributed by atoms with Crippen LogP contribution in [0.5, 0.6) is 0 Å². The topological polar surface area (TPSA) is 87.7 Å². The summed E-state index contributed by atoms with van der Waals surface area (Å²) < 4.78 is 5.14. The summed E-state index contributed by atoms with van der Waals surface area (Å²) in [6, 6.07) is 8.22. The minimum Gasteiger partial charge on any atom is -0.444 e. The van der Waals surface area contributed by atoms with Gasteiger partial charge in [-0.25, -0.2) is 4.79 Å². The van der Waals surface area contributed by atoms with Crippen LogP contribution >= 0.6 is 0 Å². The fraction of sp³-hybridized carbons (Fsp3) is 0.609. The first-order valence-corrected chi connectivity index (χ1v) is 10.7. The van der Waals surface area contributed by atoms with Gasteiger partial charge in [0.2, 0.25) is 11.8 Å². The molecule has 0 aromatic heterocycles. The Hall–Kier alpha value is -2.57. The zero-order valence-electron chi connectivity index (χ0n) is 18.6. The minimum atomic E-state index is -0.587. The van der Waals surface area contributed by atoms with Crippen LogP contribution in [-0.2, 0) is 20.7 Å². The molecule has 1 fully saturated rings. The molecule has 7 nitrogen and oxygen atoms in total. The Kier molecular flexibility index (Phi) is 8.69. The van der Waals surface area contributed by atoms with E-state index in [1.807, 2.05) is 25.1 Å². The third kappa shape index (κ3) is 8.84. The molecule has 166 valence electrons. The summed E-state index contributed by atoms with van der Waals surface area (Å²) >= 11 is 0. The summed E-state index contributed by atoms with van der Waals surface area (Å²) in [5, 5.41) is 5.54. The molecule has 7 heteroatoms. The fourth-order valence-electron chi connectivity index (χ4n) is 3.43. The van der Waals surface area contributed by atoms with E-state index in [1.54, 1.807) is 25.7 Å². The molecule has 0 radical (unpaired) electrons. The van der Waals surface area contributed by atoms with Gasteiger partial charge in [0, 0.05) is 26.1 Å². The first kappa shape index (κ1) is 23.7. The molecule has 2 rings (SSSR count). The Bertz CT molecular complexity index is 734. The van der Waals surface area contributed by atoms with E-state index >= 15 is 0 Å². The second-order valence-corrected chi connectivity index (χ2v) is 8.97. The monoisotopic (exact) mass is 417 g/mol. The quantitative estimate of drug-likeness (QED) is 0.714. The van der Waals surface area contributed by atoms with Gasteiger partial charge in [0.25, 0.3) is 0 Å². The van der Waals surface area contributed by atoms with E-state index in [0.29, 0.717) is 32.0 Å². The highest BCUT2D eigenvalue weighted by Crippen LogP contribution is 2.16. The molecule has 1 heterocycles. The van der Waals surface area contributed by atoms with E-state index in [9.17, 15) is 14.4 Å². The highest BCUT2D eigenvalue weighted by molar-refractivity contribution is 5.82. The van der Waals surface area contributed by atoms with Gasteiger partial charge in [-0.1, -0.05) is 29.8 Å². The fourth-order valence-corrected chi connectivity index (χ4v) is 3.43. The van der Waals surface area contributed by atoms with Crippen LogP contribution in [-0.4, -0.2) is 54.6 Å². The number of likely N-dealkylation sites (tertiary alicyclic amines) is 1. The Morgan fingerprint density at radius 1 is 1.13 bits per heavy atom. The SMILES string of the molecule is Cc1cccc(CCC(=O)NCC2CCN(C(=O)CNC(=O)OC(C)(C)C)CC2)c1. The predicted octanol–water partition coefficient (Wildman–Crippen LogP) is 2.81. The van der Waals surface area contributed by atoms with Gasteiger partial charge >= 0.3 is 6.09 Å². The molecule has 0 atom stereocenters. The van der Waals surface area contributed by atoms with E-state index < -0.39 is 11.7 Å². The molecule has 1 aliphatic heterocycles. The van der Waals surface area contributed by atoms with Gasteiger partial charge in [0.15, 0.2) is 0 Å². The van der Waals surface area contributed by atoms with Gasteiger partial charge in [-0.3, -0.25) is 9.59 Å². The lowest BCUT2D eigenvalue weighted by molar-refractivity contribution is -0.131. The third-order valence-corrected chi connectivity index (χ3v) is 5.06. The summed E-state index contributed by atoms with van der Waals surface area (Å²) in [7, 11) is 0. The number of aryl methyl sites for hydroxylation is 2. The zero-order valence-corrected chi connectivity index (χ0v) is 18.6. The van der Waals surface area contributed by atoms with Gasteiger partial charge in [-0.2, -0.15) is 0 Å². The number of nitrogens with zero attached hydrogens (tertiary/aromatic N) is 1. The smallest absolute Gasteiger partial charge is 0.408 e. The van der Waals surface area contributed by atoms with Crippen molar-refractivity contribution in [3.8, 4) is 0 Å². The number of alkyl carbamates (subject to hydrolysis) is 1. The van der Waals surface area contributed by atoms with E-state index in [2.05, 4.69) is 16.7 Å². The number of piperidine rings is 1. The van der Waals surface area contributed by atoms with E-state index in [-0.39, 0.29) is 18.4 Å². The average molecular weight is 418 g/mol. The maximum Gasteiger partial charge on any atom is 0.408 e. The number of amides is 3. The molecule has 1 saturated heterocycles. The number of rotatable bonds is 7. The summed E-state index contributed by atoms with van der Waals surface area (Å²) in [5.74, 6) is 0.328. The number of ether oxygens (including phenoxy) is 1. The van der Waals surface area contributed by atoms with Crippen LogP contribution in [0.2, 0.25) is 0 Å². The lowest BCUT2D eigenvalue weighted by atomic mass is 9.96. The molecule has 1 aromatic rings. The number of hydrogen-bond donors (Lipinski definition) is 2. The molecule has 2 N–H and O–H groups in total. The van der Waals surface area contributed by atoms with Gasteiger partial charge < -0.3 is 20.3 Å². The number of carbonyl (C=O) groups excluding carboxylic acids is 3. The summed E-state index contributed by atoms with van der Waals surface area (Å²) in [6.07, 6.45) is 2.33. The molecular weight excluding hydrogens is 382 g/mol. The largest absolute Gasteiger partial charge is 0.444 e. The second kappa shape index (κ2) is 11.0. The van der Waals surface area contributed by atoms with Crippen LogP contribution in [0.15, 0.2) is 24.3 Å². The predicted molar refractivity (Wildman–Crippen MR) is 116 cm³/mol. The van der Waals surface area contributed by atoms with Gasteiger partial charge in [0.1, 0.15) is 12.1 Å². The second-order valence-electron chi connectivity index (χ2n) is 8.97. The molecule has 0 aliphatic carbocycles. The molecule has 30 heavy (non-hydrogen) atoms. The highest BCUT2D eigenvalue weighted by atomic mass is 16.6. The van der Waals surface area contributed by atoms with Crippen LogP contribution < -0.4 is 10.6 Å². The minimum absolute atomic E-state index is 0.0602. The van der Waals surface area contributed by atoms with Crippen molar-refractivity contribution >= 4 is 17.9 Å². The standard InChI is InChI=1S/C23H35N3O4/c1-17-6-5-7-18(14-17)8-9-20(27)24-15-19-10-12-26(13-11-19)21(28)16-25-22(29)30-23(2,3)4/h5-7,14,19H,8-13,15-16H2,1-4H3,(H,24,27)(H,25,29). The maximum absolute atomic E-state index is 12.3. The van der Waals surface area contributed by atoms with Gasteiger partial charge in [0.05, 0.1) is 0 Å². The Balaban J connectivity index is 1.61. The van der Waals surface area contributed by atoms with Crippen molar-refractivity contribution in [3.05, 3.63) is 35.4 Å². The van der Waals surface area contributed by atoms with Gasteiger partial charge in [-0.15, -0.1) is 0 Å². The van der Waals surface area contributed by atoms with Crippen LogP contribution in [0.3, 0.4) is 0 Å². The molecule has 0 unspecified atom stereocenters. The lowest BCUT2D eigenvalue weighted by Crippen LogP contribution is -2.46. The summed E-state index contributed by atoms with van der Waals surface area (Å²) in [6.45, 7) is 9.24. The molecule has 3 amide bonds. The van der Waals surface area contributed by atoms with E-state index in [1.165, 1.54) is 11.1 Å². The molecule has 1 aliphatic rings. The molecule has 0 saturated carbocycles. The van der Waals surface area contributed by atoms with Crippen molar-refractivity contribution in [2.45, 2.75) is 59.0 Å². The first-order chi connectivity index (χ1) is 14.1. The van der Waals surface area contributed by atoms with E-state index in [4.69, 9.17) is 4.74 Å².